The van der Waals surface area contributed by atoms with Crippen LogP contribution in [-0.4, -0.2) is 15.8 Å². The standard InChI is InChI=1S/C21H26O2/c1-3-20-11-9-17-16-8-6-15(22)13-14(16)5-7-18(17)19(20)10-12-21(20,23)4-2/h2,6,8,13,17-19,22-23H,3,5,7,9-12H2,1H3/t17-,18+,19+,20-,21-/m0/s1. The number of aromatic hydroxyl groups is 1. The van der Waals surface area contributed by atoms with Crippen molar-refractivity contribution in [3.8, 4) is 18.1 Å². The Bertz CT molecular complexity index is 673. The average molecular weight is 310 g/mol. The van der Waals surface area contributed by atoms with Crippen molar-refractivity contribution in [2.45, 2.75) is 63.4 Å². The van der Waals surface area contributed by atoms with Crippen LogP contribution >= 0.6 is 0 Å². The van der Waals surface area contributed by atoms with Crippen LogP contribution < -0.4 is 0 Å². The van der Waals surface area contributed by atoms with Gasteiger partial charge in [0.25, 0.3) is 0 Å². The molecule has 2 N–H and O–H groups in total. The average Bonchev–Trinajstić information content (AvgIpc) is 2.88. The van der Waals surface area contributed by atoms with E-state index >= 15 is 0 Å². The van der Waals surface area contributed by atoms with Crippen LogP contribution in [0.1, 0.15) is 62.5 Å². The zero-order valence-corrected chi connectivity index (χ0v) is 13.9. The molecule has 0 heterocycles. The predicted molar refractivity (Wildman–Crippen MR) is 91.1 cm³/mol. The molecule has 0 aromatic heterocycles. The van der Waals surface area contributed by atoms with Crippen molar-refractivity contribution in [1.82, 2.24) is 0 Å². The van der Waals surface area contributed by atoms with Crippen molar-refractivity contribution >= 4 is 0 Å². The summed E-state index contributed by atoms with van der Waals surface area (Å²) in [7, 11) is 0. The topological polar surface area (TPSA) is 40.5 Å². The van der Waals surface area contributed by atoms with Gasteiger partial charge in [0, 0.05) is 5.41 Å². The monoisotopic (exact) mass is 310 g/mol. The molecule has 0 saturated heterocycles. The van der Waals surface area contributed by atoms with Crippen molar-refractivity contribution in [3.63, 3.8) is 0 Å². The fraction of sp³-hybridized carbons (Fsp3) is 0.619. The molecule has 0 unspecified atom stereocenters. The minimum absolute atomic E-state index is 0.0860. The molecule has 2 heteroatoms. The highest BCUT2D eigenvalue weighted by Gasteiger charge is 2.62. The first kappa shape index (κ1) is 15.1. The van der Waals surface area contributed by atoms with Crippen molar-refractivity contribution in [2.24, 2.45) is 17.3 Å². The van der Waals surface area contributed by atoms with Gasteiger partial charge in [-0.05, 0) is 86.0 Å². The summed E-state index contributed by atoms with van der Waals surface area (Å²) in [6, 6.07) is 5.90. The van der Waals surface area contributed by atoms with Crippen LogP contribution in [0.25, 0.3) is 0 Å². The Balaban J connectivity index is 1.74. The lowest BCUT2D eigenvalue weighted by Gasteiger charge is -2.53. The number of aliphatic hydroxyl groups is 1. The van der Waals surface area contributed by atoms with E-state index in [1.54, 1.807) is 0 Å². The number of rotatable bonds is 1. The van der Waals surface area contributed by atoms with E-state index in [1.807, 2.05) is 12.1 Å². The van der Waals surface area contributed by atoms with Gasteiger partial charge in [0.2, 0.25) is 0 Å². The Kier molecular flexibility index (Phi) is 3.29. The minimum atomic E-state index is -0.910. The fourth-order valence-electron chi connectivity index (χ4n) is 6.35. The Labute approximate surface area is 138 Å². The van der Waals surface area contributed by atoms with Gasteiger partial charge in [-0.1, -0.05) is 18.9 Å². The van der Waals surface area contributed by atoms with Gasteiger partial charge in [-0.3, -0.25) is 0 Å². The van der Waals surface area contributed by atoms with Crippen LogP contribution in [-0.2, 0) is 6.42 Å². The first-order valence-corrected chi connectivity index (χ1v) is 9.06. The van der Waals surface area contributed by atoms with Crippen LogP contribution in [0.4, 0.5) is 0 Å². The van der Waals surface area contributed by atoms with Crippen molar-refractivity contribution in [2.75, 3.05) is 0 Å². The number of terminal acetylenes is 1. The van der Waals surface area contributed by atoms with Gasteiger partial charge in [0.05, 0.1) is 0 Å². The molecule has 122 valence electrons. The Hall–Kier alpha value is -1.46. The van der Waals surface area contributed by atoms with Crippen LogP contribution in [0.3, 0.4) is 0 Å². The maximum Gasteiger partial charge on any atom is 0.131 e. The zero-order valence-electron chi connectivity index (χ0n) is 13.9. The summed E-state index contributed by atoms with van der Waals surface area (Å²) < 4.78 is 0. The number of hydrogen-bond acceptors (Lipinski definition) is 2. The minimum Gasteiger partial charge on any atom is -0.508 e. The maximum atomic E-state index is 11.1. The molecule has 0 bridgehead atoms. The van der Waals surface area contributed by atoms with Gasteiger partial charge >= 0.3 is 0 Å². The van der Waals surface area contributed by atoms with Gasteiger partial charge in [-0.25, -0.2) is 0 Å². The van der Waals surface area contributed by atoms with Gasteiger partial charge in [-0.2, -0.15) is 0 Å². The second-order valence-corrected chi connectivity index (χ2v) is 7.89. The quantitative estimate of drug-likeness (QED) is 0.770. The number of fused-ring (bicyclic) bond motifs is 5. The summed E-state index contributed by atoms with van der Waals surface area (Å²) in [5, 5.41) is 20.9. The molecule has 0 aliphatic heterocycles. The van der Waals surface area contributed by atoms with Crippen LogP contribution in [0, 0.1) is 29.6 Å². The first-order valence-electron chi connectivity index (χ1n) is 9.06. The summed E-state index contributed by atoms with van der Waals surface area (Å²) in [6.45, 7) is 2.20. The lowest BCUT2D eigenvalue weighted by atomic mass is 9.52. The van der Waals surface area contributed by atoms with E-state index in [9.17, 15) is 10.2 Å². The molecule has 0 amide bonds. The second-order valence-electron chi connectivity index (χ2n) is 7.89. The Morgan fingerprint density at radius 2 is 2.09 bits per heavy atom. The number of phenolic OH excluding ortho intramolecular Hbond substituents is 1. The summed E-state index contributed by atoms with van der Waals surface area (Å²) in [5.74, 6) is 4.89. The van der Waals surface area contributed by atoms with Crippen molar-refractivity contribution < 1.29 is 10.2 Å². The van der Waals surface area contributed by atoms with Crippen LogP contribution in [0.15, 0.2) is 18.2 Å². The summed E-state index contributed by atoms with van der Waals surface area (Å²) in [6.07, 6.45) is 12.9. The highest BCUT2D eigenvalue weighted by Crippen LogP contribution is 2.65. The highest BCUT2D eigenvalue weighted by molar-refractivity contribution is 5.40. The molecule has 0 spiro atoms. The molecule has 2 fully saturated rings. The summed E-state index contributed by atoms with van der Waals surface area (Å²) in [5.41, 5.74) is 1.75. The lowest BCUT2D eigenvalue weighted by Crippen LogP contribution is -2.51. The molecular weight excluding hydrogens is 284 g/mol. The SMILES string of the molecule is C#C[C@]1(O)CC[C@@H]2[C@@H]3CCc4cc(O)ccc4[C@@H]3CC[C@@]21CC. The molecule has 5 atom stereocenters. The lowest BCUT2D eigenvalue weighted by molar-refractivity contribution is -0.0799. The molecule has 1 aromatic carbocycles. The predicted octanol–water partition coefficient (Wildman–Crippen LogP) is 4.00. The van der Waals surface area contributed by atoms with Gasteiger partial charge in [0.15, 0.2) is 0 Å². The molecule has 23 heavy (non-hydrogen) atoms. The molecule has 3 aliphatic carbocycles. The van der Waals surface area contributed by atoms with E-state index in [1.165, 1.54) is 11.1 Å². The highest BCUT2D eigenvalue weighted by atomic mass is 16.3. The molecule has 3 aliphatic rings. The number of hydrogen-bond donors (Lipinski definition) is 2. The van der Waals surface area contributed by atoms with Gasteiger partial charge in [-0.15, -0.1) is 6.42 Å². The fourth-order valence-corrected chi connectivity index (χ4v) is 6.35. The first-order chi connectivity index (χ1) is 11.0. The molecule has 1 aromatic rings. The second kappa shape index (κ2) is 5.02. The zero-order chi connectivity index (χ0) is 16.2. The van der Waals surface area contributed by atoms with Crippen LogP contribution in [0.2, 0.25) is 0 Å². The smallest absolute Gasteiger partial charge is 0.131 e. The third-order valence-corrected chi connectivity index (χ3v) is 7.43. The molecular formula is C21H26O2. The van der Waals surface area contributed by atoms with Gasteiger partial charge in [0.1, 0.15) is 11.4 Å². The van der Waals surface area contributed by atoms with Crippen molar-refractivity contribution in [3.05, 3.63) is 29.3 Å². The Morgan fingerprint density at radius 1 is 1.26 bits per heavy atom. The van der Waals surface area contributed by atoms with E-state index < -0.39 is 5.60 Å². The van der Waals surface area contributed by atoms with E-state index in [-0.39, 0.29) is 5.41 Å². The van der Waals surface area contributed by atoms with Crippen molar-refractivity contribution in [1.29, 1.82) is 0 Å². The number of phenols is 1. The number of aryl methyl sites for hydroxylation is 1. The molecule has 2 nitrogen and oxygen atoms in total. The van der Waals surface area contributed by atoms with E-state index in [0.717, 1.165) is 44.9 Å². The van der Waals surface area contributed by atoms with Crippen LogP contribution in [0.5, 0.6) is 5.75 Å². The third-order valence-electron chi connectivity index (χ3n) is 7.43. The van der Waals surface area contributed by atoms with E-state index in [2.05, 4.69) is 18.9 Å². The number of benzene rings is 1. The molecule has 4 rings (SSSR count). The van der Waals surface area contributed by atoms with E-state index in [4.69, 9.17) is 6.42 Å². The normalized spacial score (nSPS) is 41.5. The van der Waals surface area contributed by atoms with E-state index in [0.29, 0.717) is 23.5 Å². The Morgan fingerprint density at radius 3 is 2.83 bits per heavy atom. The molecule has 2 saturated carbocycles. The molecule has 0 radical (unpaired) electrons. The summed E-state index contributed by atoms with van der Waals surface area (Å²) in [4.78, 5) is 0. The largest absolute Gasteiger partial charge is 0.508 e. The third kappa shape index (κ3) is 1.86. The van der Waals surface area contributed by atoms with Gasteiger partial charge < -0.3 is 10.2 Å². The summed E-state index contributed by atoms with van der Waals surface area (Å²) >= 11 is 0. The maximum absolute atomic E-state index is 11.1.